The Morgan fingerprint density at radius 1 is 1.17 bits per heavy atom. The highest BCUT2D eigenvalue weighted by atomic mass is 35.5. The Morgan fingerprint density at radius 2 is 1.97 bits per heavy atom. The molecule has 2 rings (SSSR count). The van der Waals surface area contributed by atoms with Crippen LogP contribution >= 0.6 is 23.2 Å². The largest absolute Gasteiger partial charge is 0.491 e. The monoisotopic (exact) mass is 439 g/mol. The van der Waals surface area contributed by atoms with Gasteiger partial charge in [-0.25, -0.2) is 9.78 Å². The van der Waals surface area contributed by atoms with Gasteiger partial charge in [0.15, 0.2) is 0 Å². The van der Waals surface area contributed by atoms with Gasteiger partial charge in [0.25, 0.3) is 0 Å². The van der Waals surface area contributed by atoms with Gasteiger partial charge in [0.2, 0.25) is 5.88 Å². The normalized spacial score (nSPS) is 11.3. The number of carbonyl (C=O) groups excluding carboxylic acids is 1. The lowest BCUT2D eigenvalue weighted by molar-refractivity contribution is -0.138. The fourth-order valence-electron chi connectivity index (χ4n) is 2.35. The second-order valence-corrected chi connectivity index (χ2v) is 6.67. The summed E-state index contributed by atoms with van der Waals surface area (Å²) in [5.41, 5.74) is 1.17. The highest BCUT2D eigenvalue weighted by Gasteiger charge is 2.14. The van der Waals surface area contributed by atoms with Gasteiger partial charge in [0, 0.05) is 30.5 Å². The minimum Gasteiger partial charge on any atom is -0.491 e. The fourth-order valence-corrected chi connectivity index (χ4v) is 2.77. The maximum Gasteiger partial charge on any atom is 0.333 e. The Labute approximate surface area is 180 Å². The van der Waals surface area contributed by atoms with E-state index < -0.39 is 0 Å². The summed E-state index contributed by atoms with van der Waals surface area (Å²) in [7, 11) is 1.60. The van der Waals surface area contributed by atoms with Gasteiger partial charge in [-0.05, 0) is 37.6 Å². The summed E-state index contributed by atoms with van der Waals surface area (Å²) in [6.45, 7) is 4.78. The molecule has 0 aliphatic carbocycles. The van der Waals surface area contributed by atoms with Gasteiger partial charge >= 0.3 is 5.97 Å². The molecule has 1 aromatic carbocycles. The molecular weight excluding hydrogens is 417 g/mol. The number of hydrogen-bond donors (Lipinski definition) is 0. The molecule has 0 unspecified atom stereocenters. The highest BCUT2D eigenvalue weighted by molar-refractivity contribution is 6.35. The Kier molecular flexibility index (Phi) is 9.25. The summed E-state index contributed by atoms with van der Waals surface area (Å²) in [4.78, 5) is 16.3. The van der Waals surface area contributed by atoms with E-state index in [0.29, 0.717) is 53.9 Å². The lowest BCUT2D eigenvalue weighted by atomic mass is 10.1. The van der Waals surface area contributed by atoms with Crippen LogP contribution in [0.25, 0.3) is 6.08 Å². The van der Waals surface area contributed by atoms with Crippen LogP contribution in [0.1, 0.15) is 25.8 Å². The molecule has 1 heterocycles. The number of pyridine rings is 1. The molecule has 0 saturated carbocycles. The van der Waals surface area contributed by atoms with Crippen molar-refractivity contribution in [2.24, 2.45) is 0 Å². The predicted octanol–water partition coefficient (Wildman–Crippen LogP) is 5.56. The molecule has 0 atom stereocenters. The van der Waals surface area contributed by atoms with E-state index in [1.807, 2.05) is 6.92 Å². The molecule has 0 N–H and O–H groups in total. The van der Waals surface area contributed by atoms with Crippen LogP contribution < -0.4 is 9.47 Å². The van der Waals surface area contributed by atoms with Crippen molar-refractivity contribution in [1.82, 2.24) is 4.98 Å². The quantitative estimate of drug-likeness (QED) is 0.274. The summed E-state index contributed by atoms with van der Waals surface area (Å²) >= 11 is 12.1. The SMILES string of the molecule is CCOC(=O)C(=Cc1ccc(OCCOC)cc1Oc1ncc(Cl)cc1Cl)CC. The fraction of sp³-hybridized carbons (Fsp3) is 0.333. The van der Waals surface area contributed by atoms with Gasteiger partial charge in [-0.3, -0.25) is 0 Å². The van der Waals surface area contributed by atoms with Crippen LogP contribution in [0.3, 0.4) is 0 Å². The van der Waals surface area contributed by atoms with Crippen LogP contribution in [0.15, 0.2) is 36.0 Å². The van der Waals surface area contributed by atoms with Crippen molar-refractivity contribution in [3.8, 4) is 17.4 Å². The van der Waals surface area contributed by atoms with Crippen LogP contribution in [-0.4, -0.2) is 37.9 Å². The van der Waals surface area contributed by atoms with E-state index in [2.05, 4.69) is 4.98 Å². The van der Waals surface area contributed by atoms with E-state index in [9.17, 15) is 4.79 Å². The number of nitrogens with zero attached hydrogens (tertiary/aromatic N) is 1. The zero-order valence-corrected chi connectivity index (χ0v) is 18.0. The van der Waals surface area contributed by atoms with Gasteiger partial charge in [0.05, 0.1) is 18.2 Å². The number of aromatic nitrogens is 1. The Balaban J connectivity index is 2.41. The molecule has 6 nitrogen and oxygen atoms in total. The Hall–Kier alpha value is -2.28. The average molecular weight is 440 g/mol. The lowest BCUT2D eigenvalue weighted by Crippen LogP contribution is -2.07. The van der Waals surface area contributed by atoms with Crippen LogP contribution in [0.2, 0.25) is 10.0 Å². The third-order valence-corrected chi connectivity index (χ3v) is 4.25. The van der Waals surface area contributed by atoms with Crippen LogP contribution in [0.5, 0.6) is 17.4 Å². The molecule has 0 amide bonds. The lowest BCUT2D eigenvalue weighted by Gasteiger charge is -2.13. The number of rotatable bonds is 10. The average Bonchev–Trinajstić information content (AvgIpc) is 2.69. The molecule has 0 radical (unpaired) electrons. The predicted molar refractivity (Wildman–Crippen MR) is 113 cm³/mol. The molecule has 0 aliphatic heterocycles. The molecule has 0 aliphatic rings. The first-order valence-electron chi connectivity index (χ1n) is 9.10. The summed E-state index contributed by atoms with van der Waals surface area (Å²) in [5, 5.41) is 0.661. The van der Waals surface area contributed by atoms with Crippen molar-refractivity contribution < 1.29 is 23.7 Å². The minimum absolute atomic E-state index is 0.189. The van der Waals surface area contributed by atoms with Crippen LogP contribution in [0.4, 0.5) is 0 Å². The van der Waals surface area contributed by atoms with Crippen molar-refractivity contribution in [3.05, 3.63) is 51.6 Å². The van der Waals surface area contributed by atoms with E-state index in [1.165, 1.54) is 12.3 Å². The van der Waals surface area contributed by atoms with E-state index in [0.717, 1.165) is 0 Å². The van der Waals surface area contributed by atoms with Crippen LogP contribution in [0, 0.1) is 0 Å². The summed E-state index contributed by atoms with van der Waals surface area (Å²) in [6.07, 6.45) is 3.66. The smallest absolute Gasteiger partial charge is 0.333 e. The maximum absolute atomic E-state index is 12.2. The number of hydrogen-bond acceptors (Lipinski definition) is 6. The molecule has 0 bridgehead atoms. The van der Waals surface area contributed by atoms with Crippen LogP contribution in [-0.2, 0) is 14.3 Å². The summed E-state index contributed by atoms with van der Waals surface area (Å²) in [5.74, 6) is 0.818. The topological polar surface area (TPSA) is 66.9 Å². The minimum atomic E-state index is -0.371. The molecule has 29 heavy (non-hydrogen) atoms. The van der Waals surface area contributed by atoms with Gasteiger partial charge in [-0.2, -0.15) is 0 Å². The molecular formula is C21H23Cl2NO5. The van der Waals surface area contributed by atoms with Gasteiger partial charge in [0.1, 0.15) is 23.1 Å². The Morgan fingerprint density at radius 3 is 2.62 bits per heavy atom. The standard InChI is InChI=1S/C21H23Cl2NO5/c1-4-14(21(25)27-5-2)10-15-6-7-17(28-9-8-26-3)12-19(15)29-20-18(23)11-16(22)13-24-20/h6-7,10-13H,4-5,8-9H2,1-3H3. The van der Waals surface area contributed by atoms with Crippen molar-refractivity contribution in [1.29, 1.82) is 0 Å². The first-order valence-corrected chi connectivity index (χ1v) is 9.86. The first kappa shape index (κ1) is 23.0. The number of halogens is 2. The third kappa shape index (κ3) is 6.92. The van der Waals surface area contributed by atoms with Gasteiger partial charge in [-0.1, -0.05) is 30.1 Å². The van der Waals surface area contributed by atoms with Crippen molar-refractivity contribution in [3.63, 3.8) is 0 Å². The molecule has 156 valence electrons. The number of methoxy groups -OCH3 is 1. The Bertz CT molecular complexity index is 870. The molecule has 0 spiro atoms. The van der Waals surface area contributed by atoms with E-state index >= 15 is 0 Å². The van der Waals surface area contributed by atoms with Gasteiger partial charge < -0.3 is 18.9 Å². The number of carbonyl (C=O) groups is 1. The zero-order valence-electron chi connectivity index (χ0n) is 16.5. The summed E-state index contributed by atoms with van der Waals surface area (Å²) in [6, 6.07) is 6.81. The third-order valence-electron chi connectivity index (χ3n) is 3.77. The number of esters is 1. The molecule has 0 saturated heterocycles. The summed E-state index contributed by atoms with van der Waals surface area (Å²) < 4.78 is 21.7. The molecule has 2 aromatic rings. The molecule has 8 heteroatoms. The second kappa shape index (κ2) is 11.7. The van der Waals surface area contributed by atoms with Crippen molar-refractivity contribution >= 4 is 35.2 Å². The van der Waals surface area contributed by atoms with E-state index in [1.54, 1.807) is 38.3 Å². The molecule has 0 fully saturated rings. The van der Waals surface area contributed by atoms with Gasteiger partial charge in [-0.15, -0.1) is 0 Å². The maximum atomic E-state index is 12.2. The van der Waals surface area contributed by atoms with Crippen molar-refractivity contribution in [2.45, 2.75) is 20.3 Å². The zero-order chi connectivity index (χ0) is 21.2. The van der Waals surface area contributed by atoms with E-state index in [4.69, 9.17) is 42.1 Å². The second-order valence-electron chi connectivity index (χ2n) is 5.83. The molecule has 1 aromatic heterocycles. The van der Waals surface area contributed by atoms with Crippen molar-refractivity contribution in [2.75, 3.05) is 26.9 Å². The van der Waals surface area contributed by atoms with E-state index in [-0.39, 0.29) is 16.9 Å². The first-order chi connectivity index (χ1) is 14.0. The number of benzene rings is 1. The number of ether oxygens (including phenoxy) is 4. The highest BCUT2D eigenvalue weighted by Crippen LogP contribution is 2.34.